The summed E-state index contributed by atoms with van der Waals surface area (Å²) in [6.07, 6.45) is 0.632. The first-order valence-corrected chi connectivity index (χ1v) is 13.2. The third-order valence-corrected chi connectivity index (χ3v) is 6.97. The lowest BCUT2D eigenvalue weighted by molar-refractivity contribution is 0.0854. The number of sulfonamides is 1. The van der Waals surface area contributed by atoms with Gasteiger partial charge in [-0.05, 0) is 56.9 Å². The predicted octanol–water partition coefficient (Wildman–Crippen LogP) is 3.65. The zero-order chi connectivity index (χ0) is 28.0. The Hall–Kier alpha value is -3.11. The van der Waals surface area contributed by atoms with Crippen LogP contribution in [0.3, 0.4) is 0 Å². The molecule has 1 aromatic carbocycles. The molecular formula is C25H35N5O6S. The number of hydrogen-bond donors (Lipinski definition) is 3. The van der Waals surface area contributed by atoms with Gasteiger partial charge in [0.25, 0.3) is 5.56 Å². The highest BCUT2D eigenvalue weighted by Gasteiger charge is 2.30. The van der Waals surface area contributed by atoms with Crippen molar-refractivity contribution < 1.29 is 23.4 Å². The van der Waals surface area contributed by atoms with Crippen molar-refractivity contribution in [2.75, 3.05) is 19.8 Å². The van der Waals surface area contributed by atoms with Crippen molar-refractivity contribution in [3.63, 3.8) is 0 Å². The average molecular weight is 534 g/mol. The third-order valence-electron chi connectivity index (χ3n) is 5.26. The van der Waals surface area contributed by atoms with E-state index in [1.807, 2.05) is 40.7 Å². The molecule has 11 nitrogen and oxygen atoms in total. The molecule has 0 aliphatic rings. The molecule has 0 aliphatic heterocycles. The van der Waals surface area contributed by atoms with Crippen molar-refractivity contribution in [1.82, 2.24) is 9.29 Å². The molecule has 1 heterocycles. The van der Waals surface area contributed by atoms with E-state index in [2.05, 4.69) is 15.0 Å². The lowest BCUT2D eigenvalue weighted by atomic mass is 9.82. The second-order valence-electron chi connectivity index (χ2n) is 10.5. The molecule has 0 atom stereocenters. The molecule has 0 radical (unpaired) electrons. The van der Waals surface area contributed by atoms with E-state index in [0.29, 0.717) is 6.42 Å². The number of nitriles is 1. The smallest absolute Gasteiger partial charge is 0.281 e. The summed E-state index contributed by atoms with van der Waals surface area (Å²) in [4.78, 5) is 13.0. The standard InChI is InChI=1S/C25H35N5O6S/c1-17-20(15-26)22(32)30(11-13-36-14-12-31)23(33)21(17)28-27-18-7-9-19(10-8-18)37(34,35)29-25(5,6)16-24(2,3)4/h7-10,29,31-32H,11-14,16H2,1-6H3. The zero-order valence-corrected chi connectivity index (χ0v) is 22.9. The molecule has 2 aromatic rings. The molecule has 2 rings (SSSR count). The summed E-state index contributed by atoms with van der Waals surface area (Å²) in [5.41, 5.74) is -1.22. The number of benzene rings is 1. The summed E-state index contributed by atoms with van der Waals surface area (Å²) in [6, 6.07) is 7.56. The maximum atomic E-state index is 12.9. The summed E-state index contributed by atoms with van der Waals surface area (Å²) in [5.74, 6) is -0.506. The summed E-state index contributed by atoms with van der Waals surface area (Å²) < 4.78 is 34.6. The van der Waals surface area contributed by atoms with E-state index < -0.39 is 27.0 Å². The lowest BCUT2D eigenvalue weighted by Crippen LogP contribution is -2.45. The van der Waals surface area contributed by atoms with Gasteiger partial charge in [-0.3, -0.25) is 9.36 Å². The van der Waals surface area contributed by atoms with Gasteiger partial charge in [-0.2, -0.15) is 10.4 Å². The van der Waals surface area contributed by atoms with Crippen molar-refractivity contribution in [2.24, 2.45) is 15.6 Å². The normalized spacial score (nSPS) is 12.7. The van der Waals surface area contributed by atoms with Gasteiger partial charge in [0.15, 0.2) is 5.69 Å². The van der Waals surface area contributed by atoms with Crippen LogP contribution in [-0.2, 0) is 21.3 Å². The quantitative estimate of drug-likeness (QED) is 0.293. The SMILES string of the molecule is Cc1c(C#N)c(O)n(CCOCCO)c(=O)c1N=Nc1ccc(S(=O)(=O)NC(C)(C)CC(C)(C)C)cc1. The van der Waals surface area contributed by atoms with Gasteiger partial charge >= 0.3 is 0 Å². The highest BCUT2D eigenvalue weighted by molar-refractivity contribution is 7.89. The molecule has 37 heavy (non-hydrogen) atoms. The van der Waals surface area contributed by atoms with Crippen LogP contribution in [0.4, 0.5) is 11.4 Å². The van der Waals surface area contributed by atoms with Crippen LogP contribution in [0.5, 0.6) is 5.88 Å². The van der Waals surface area contributed by atoms with Gasteiger partial charge < -0.3 is 14.9 Å². The summed E-state index contributed by atoms with van der Waals surface area (Å²) >= 11 is 0. The fourth-order valence-electron chi connectivity index (χ4n) is 4.17. The van der Waals surface area contributed by atoms with Gasteiger partial charge in [0, 0.05) is 11.1 Å². The number of aliphatic hydroxyl groups is 1. The topological polar surface area (TPSA) is 166 Å². The minimum absolute atomic E-state index is 0.0229. The number of aromatic hydroxyl groups is 1. The van der Waals surface area contributed by atoms with Gasteiger partial charge in [-0.1, -0.05) is 20.8 Å². The Morgan fingerprint density at radius 2 is 1.73 bits per heavy atom. The van der Waals surface area contributed by atoms with Crippen molar-refractivity contribution in [3.05, 3.63) is 45.7 Å². The lowest BCUT2D eigenvalue weighted by Gasteiger charge is -2.32. The van der Waals surface area contributed by atoms with Crippen molar-refractivity contribution in [1.29, 1.82) is 5.26 Å². The molecule has 3 N–H and O–H groups in total. The molecule has 0 fully saturated rings. The van der Waals surface area contributed by atoms with Crippen LogP contribution in [0.25, 0.3) is 0 Å². The number of aliphatic hydroxyl groups excluding tert-OH is 1. The number of pyridine rings is 1. The maximum Gasteiger partial charge on any atom is 0.281 e. The molecule has 0 spiro atoms. The Bertz CT molecular complexity index is 1330. The van der Waals surface area contributed by atoms with Gasteiger partial charge in [0.1, 0.15) is 11.6 Å². The second-order valence-corrected chi connectivity index (χ2v) is 12.2. The predicted molar refractivity (Wildman–Crippen MR) is 139 cm³/mol. The first-order chi connectivity index (χ1) is 17.1. The molecule has 12 heteroatoms. The number of azo groups is 1. The van der Waals surface area contributed by atoms with Gasteiger partial charge in [0.2, 0.25) is 15.9 Å². The molecule has 0 saturated heterocycles. The molecule has 0 aliphatic carbocycles. The Balaban J connectivity index is 2.32. The molecule has 0 saturated carbocycles. The number of nitrogens with zero attached hydrogens (tertiary/aromatic N) is 4. The average Bonchev–Trinajstić information content (AvgIpc) is 2.76. The van der Waals surface area contributed by atoms with Crippen LogP contribution >= 0.6 is 0 Å². The highest BCUT2D eigenvalue weighted by atomic mass is 32.2. The Morgan fingerprint density at radius 3 is 2.27 bits per heavy atom. The zero-order valence-electron chi connectivity index (χ0n) is 22.1. The van der Waals surface area contributed by atoms with E-state index in [1.165, 1.54) is 31.2 Å². The van der Waals surface area contributed by atoms with Crippen LogP contribution in [0.2, 0.25) is 0 Å². The van der Waals surface area contributed by atoms with Crippen LogP contribution in [0.15, 0.2) is 44.2 Å². The van der Waals surface area contributed by atoms with Crippen LogP contribution < -0.4 is 10.3 Å². The van der Waals surface area contributed by atoms with Gasteiger partial charge in [-0.15, -0.1) is 5.11 Å². The monoisotopic (exact) mass is 533 g/mol. The Labute approximate surface area is 217 Å². The number of aromatic nitrogens is 1. The van der Waals surface area contributed by atoms with E-state index >= 15 is 0 Å². The minimum Gasteiger partial charge on any atom is -0.493 e. The highest BCUT2D eigenvalue weighted by Crippen LogP contribution is 2.29. The van der Waals surface area contributed by atoms with Crippen molar-refractivity contribution in [3.8, 4) is 11.9 Å². The second kappa shape index (κ2) is 12.0. The van der Waals surface area contributed by atoms with E-state index in [-0.39, 0.29) is 59.2 Å². The van der Waals surface area contributed by atoms with Crippen LogP contribution in [-0.4, -0.2) is 48.6 Å². The van der Waals surface area contributed by atoms with E-state index in [4.69, 9.17) is 9.84 Å². The molecule has 202 valence electrons. The number of ether oxygens (including phenoxy) is 1. The molecule has 1 aromatic heterocycles. The molecule has 0 amide bonds. The Kier molecular flexibility index (Phi) is 9.73. The van der Waals surface area contributed by atoms with E-state index in [1.54, 1.807) is 0 Å². The fraction of sp³-hybridized carbons (Fsp3) is 0.520. The maximum absolute atomic E-state index is 12.9. The minimum atomic E-state index is -3.79. The first kappa shape index (κ1) is 30.1. The van der Waals surface area contributed by atoms with Crippen LogP contribution in [0.1, 0.15) is 52.2 Å². The number of rotatable bonds is 11. The largest absolute Gasteiger partial charge is 0.493 e. The van der Waals surface area contributed by atoms with Gasteiger partial charge in [-0.25, -0.2) is 13.1 Å². The Morgan fingerprint density at radius 1 is 1.11 bits per heavy atom. The van der Waals surface area contributed by atoms with Crippen molar-refractivity contribution in [2.45, 2.75) is 64.9 Å². The summed E-state index contributed by atoms with van der Waals surface area (Å²) in [7, 11) is -3.79. The molecule has 0 unspecified atom stereocenters. The van der Waals surface area contributed by atoms with E-state index in [0.717, 1.165) is 4.57 Å². The van der Waals surface area contributed by atoms with E-state index in [9.17, 15) is 23.6 Å². The fourth-order valence-corrected chi connectivity index (χ4v) is 5.58. The number of nitrogens with one attached hydrogen (secondary N) is 1. The first-order valence-electron chi connectivity index (χ1n) is 11.7. The molecular weight excluding hydrogens is 498 g/mol. The van der Waals surface area contributed by atoms with Gasteiger partial charge in [0.05, 0.1) is 36.9 Å². The van der Waals surface area contributed by atoms with Crippen LogP contribution in [0, 0.1) is 23.7 Å². The van der Waals surface area contributed by atoms with Crippen molar-refractivity contribution >= 4 is 21.4 Å². The third kappa shape index (κ3) is 8.19. The number of hydrogen-bond acceptors (Lipinski definition) is 9. The summed E-state index contributed by atoms with van der Waals surface area (Å²) in [5, 5.41) is 36.7. The summed E-state index contributed by atoms with van der Waals surface area (Å²) in [6.45, 7) is 11.1. The molecule has 0 bridgehead atoms.